The average Bonchev–Trinajstić information content (AvgIpc) is 3.08. The number of benzene rings is 1. The number of carbonyl (C=O) groups is 2. The van der Waals surface area contributed by atoms with Crippen molar-refractivity contribution in [2.75, 3.05) is 13.1 Å². The molecule has 1 aromatic carbocycles. The highest BCUT2D eigenvalue weighted by Gasteiger charge is 2.40. The zero-order valence-corrected chi connectivity index (χ0v) is 20.5. The fourth-order valence-corrected chi connectivity index (χ4v) is 4.42. The molecule has 0 spiro atoms. The molecule has 174 valence electrons. The number of amides is 1. The van der Waals surface area contributed by atoms with E-state index in [4.69, 9.17) is 20.2 Å². The van der Waals surface area contributed by atoms with E-state index in [2.05, 4.69) is 0 Å². The number of hydrogen-bond donors (Lipinski definition) is 0. The van der Waals surface area contributed by atoms with Crippen molar-refractivity contribution in [3.63, 3.8) is 0 Å². The molecule has 0 N–H and O–H groups in total. The lowest BCUT2D eigenvalue weighted by Crippen LogP contribution is -2.37. The van der Waals surface area contributed by atoms with Crippen LogP contribution in [0.1, 0.15) is 59.6 Å². The summed E-state index contributed by atoms with van der Waals surface area (Å²) in [5, 5.41) is 0. The summed E-state index contributed by atoms with van der Waals surface area (Å²) in [6, 6.07) is 6.14. The highest BCUT2D eigenvalue weighted by atomic mass is 35.7. The summed E-state index contributed by atoms with van der Waals surface area (Å²) in [5.74, 6) is -0.742. The molecule has 1 aromatic rings. The molecule has 1 unspecified atom stereocenters. The summed E-state index contributed by atoms with van der Waals surface area (Å²) >= 11 is 0. The smallest absolute Gasteiger partial charge is 0.410 e. The molecule has 31 heavy (non-hydrogen) atoms. The van der Waals surface area contributed by atoms with Gasteiger partial charge in [0.05, 0.1) is 16.6 Å². The van der Waals surface area contributed by atoms with Gasteiger partial charge in [0.25, 0.3) is 9.05 Å². The van der Waals surface area contributed by atoms with Crippen LogP contribution in [-0.2, 0) is 23.3 Å². The summed E-state index contributed by atoms with van der Waals surface area (Å²) in [7, 11) is 1.59. The molecule has 0 bridgehead atoms. The van der Waals surface area contributed by atoms with Crippen molar-refractivity contribution in [3.8, 4) is 0 Å². The van der Waals surface area contributed by atoms with Crippen LogP contribution in [-0.4, -0.2) is 50.0 Å². The van der Waals surface area contributed by atoms with Crippen molar-refractivity contribution in [3.05, 3.63) is 29.8 Å². The number of hydrogen-bond acceptors (Lipinski definition) is 6. The van der Waals surface area contributed by atoms with Crippen molar-refractivity contribution in [2.45, 2.75) is 70.2 Å². The van der Waals surface area contributed by atoms with Crippen LogP contribution in [0.2, 0.25) is 0 Å². The van der Waals surface area contributed by atoms with E-state index in [0.29, 0.717) is 25.1 Å². The molecule has 1 aliphatic rings. The predicted octanol–water partition coefficient (Wildman–Crippen LogP) is 4.54. The quantitative estimate of drug-likeness (QED) is 0.445. The number of halogens is 1. The molecule has 2 rings (SSSR count). The Hall–Kier alpha value is -1.64. The third kappa shape index (κ3) is 7.47. The summed E-state index contributed by atoms with van der Waals surface area (Å²) in [4.78, 5) is 26.2. The number of carbonyl (C=O) groups excluding carboxylic acids is 2. The summed E-state index contributed by atoms with van der Waals surface area (Å²) in [6.07, 6.45) is 0.337. The van der Waals surface area contributed by atoms with E-state index in [1.54, 1.807) is 37.8 Å². The van der Waals surface area contributed by atoms with Crippen LogP contribution in [0.25, 0.3) is 0 Å². The molecular weight excluding hydrogens is 442 g/mol. The van der Waals surface area contributed by atoms with E-state index in [9.17, 15) is 18.0 Å². The first-order valence-electron chi connectivity index (χ1n) is 10.3. The number of likely N-dealkylation sites (tertiary alicyclic amines) is 1. The van der Waals surface area contributed by atoms with Gasteiger partial charge < -0.3 is 19.2 Å². The zero-order valence-electron chi connectivity index (χ0n) is 18.9. The average molecular weight is 474 g/mol. The van der Waals surface area contributed by atoms with Gasteiger partial charge in [0.2, 0.25) is 0 Å². The Bertz CT molecular complexity index is 903. The second-order valence-corrected chi connectivity index (χ2v) is 12.4. The fraction of sp³-hybridized carbons (Fsp3) is 0.636. The summed E-state index contributed by atoms with van der Waals surface area (Å²) < 4.78 is 35.3. The van der Waals surface area contributed by atoms with Gasteiger partial charge in [-0.05, 0) is 71.6 Å². The van der Waals surface area contributed by atoms with Crippen LogP contribution in [0.3, 0.4) is 0 Å². The van der Waals surface area contributed by atoms with Crippen molar-refractivity contribution >= 4 is 32.1 Å². The minimum atomic E-state index is -3.93. The van der Waals surface area contributed by atoms with E-state index in [-0.39, 0.29) is 10.8 Å². The molecule has 1 amide bonds. The van der Waals surface area contributed by atoms with Crippen LogP contribution >= 0.6 is 10.7 Å². The predicted molar refractivity (Wildman–Crippen MR) is 119 cm³/mol. The third-order valence-corrected chi connectivity index (χ3v) is 6.23. The van der Waals surface area contributed by atoms with Gasteiger partial charge in [0.1, 0.15) is 11.9 Å². The fourth-order valence-electron chi connectivity index (χ4n) is 3.62. The van der Waals surface area contributed by atoms with Crippen LogP contribution in [0.5, 0.6) is 0 Å². The molecule has 0 aliphatic carbocycles. The van der Waals surface area contributed by atoms with Gasteiger partial charge >= 0.3 is 6.09 Å². The molecular formula is C22H32ClNO6S. The Morgan fingerprint density at radius 2 is 1.84 bits per heavy atom. The third-order valence-electron chi connectivity index (χ3n) is 4.88. The summed E-state index contributed by atoms with van der Waals surface area (Å²) in [6.45, 7) is 11.8. The van der Waals surface area contributed by atoms with Gasteiger partial charge in [0, 0.05) is 29.7 Å². The largest absolute Gasteiger partial charge is 0.444 e. The Kier molecular flexibility index (Phi) is 7.82. The molecule has 7 nitrogen and oxygen atoms in total. The minimum absolute atomic E-state index is 0.0550. The maximum absolute atomic E-state index is 12.4. The van der Waals surface area contributed by atoms with Gasteiger partial charge in [0.15, 0.2) is 0 Å². The van der Waals surface area contributed by atoms with E-state index in [1.807, 2.05) is 20.8 Å². The molecule has 0 aromatic heterocycles. The number of aldehydes is 1. The van der Waals surface area contributed by atoms with Gasteiger partial charge in [-0.15, -0.1) is 0 Å². The Morgan fingerprint density at radius 1 is 1.19 bits per heavy atom. The number of nitrogens with zero attached hydrogens (tertiary/aromatic N) is 1. The van der Waals surface area contributed by atoms with Gasteiger partial charge in [-0.3, -0.25) is 0 Å². The molecule has 1 fully saturated rings. The zero-order chi connectivity index (χ0) is 23.6. The topological polar surface area (TPSA) is 90.0 Å². The molecule has 9 heteroatoms. The van der Waals surface area contributed by atoms with Crippen molar-refractivity contribution in [1.82, 2.24) is 4.90 Å². The number of ether oxygens (including phenoxy) is 2. The van der Waals surface area contributed by atoms with Crippen LogP contribution in [0.4, 0.5) is 4.79 Å². The van der Waals surface area contributed by atoms with E-state index < -0.39 is 38.4 Å². The molecule has 1 aliphatic heterocycles. The Morgan fingerprint density at radius 3 is 2.35 bits per heavy atom. The minimum Gasteiger partial charge on any atom is -0.444 e. The van der Waals surface area contributed by atoms with Crippen molar-refractivity contribution < 1.29 is 27.5 Å². The molecule has 0 radical (unpaired) electrons. The first-order valence-corrected chi connectivity index (χ1v) is 12.6. The Balaban J connectivity index is 2.33. The lowest BCUT2D eigenvalue weighted by Gasteiger charge is -2.34. The second kappa shape index (κ2) is 9.46. The van der Waals surface area contributed by atoms with E-state index >= 15 is 0 Å². The lowest BCUT2D eigenvalue weighted by atomic mass is 9.84. The van der Waals surface area contributed by atoms with E-state index in [0.717, 1.165) is 6.29 Å². The second-order valence-electron chi connectivity index (χ2n) is 9.85. The molecule has 1 saturated heterocycles. The normalized spacial score (nSPS) is 19.7. The van der Waals surface area contributed by atoms with Crippen LogP contribution < -0.4 is 0 Å². The van der Waals surface area contributed by atoms with Gasteiger partial charge in [-0.1, -0.05) is 12.1 Å². The number of rotatable bonds is 6. The first kappa shape index (κ1) is 25.6. The maximum atomic E-state index is 12.4. The standard InChI is InChI=1S/C22H32ClNO6S/c1-21(2,3)29-19(15-8-7-9-17(12-15)31(23,27)28)18(14-25)16-10-11-24(13-16)20(26)30-22(4,5)6/h7-9,12,14,16,18-19H,10-11,13H2,1-6H3/t16-,18-,19?/m0/s1. The van der Waals surface area contributed by atoms with Crippen LogP contribution in [0.15, 0.2) is 29.2 Å². The van der Waals surface area contributed by atoms with Gasteiger partial charge in [-0.2, -0.15) is 0 Å². The molecule has 1 heterocycles. The van der Waals surface area contributed by atoms with Crippen LogP contribution in [0, 0.1) is 11.8 Å². The lowest BCUT2D eigenvalue weighted by molar-refractivity contribution is -0.129. The molecule has 3 atom stereocenters. The van der Waals surface area contributed by atoms with Crippen molar-refractivity contribution in [2.24, 2.45) is 11.8 Å². The van der Waals surface area contributed by atoms with Crippen molar-refractivity contribution in [1.29, 1.82) is 0 Å². The maximum Gasteiger partial charge on any atom is 0.410 e. The monoisotopic (exact) mass is 473 g/mol. The molecule has 0 saturated carbocycles. The summed E-state index contributed by atoms with van der Waals surface area (Å²) in [5.41, 5.74) is -0.653. The Labute approximate surface area is 189 Å². The SMILES string of the molecule is CC(C)(C)OC(=O)N1CC[C@H]([C@H](C=O)C(OC(C)(C)C)c2cccc(S(=O)(=O)Cl)c2)C1. The van der Waals surface area contributed by atoms with Gasteiger partial charge in [-0.25, -0.2) is 13.2 Å². The highest BCUT2D eigenvalue weighted by molar-refractivity contribution is 8.13. The highest BCUT2D eigenvalue weighted by Crippen LogP contribution is 2.38. The van der Waals surface area contributed by atoms with E-state index in [1.165, 1.54) is 12.1 Å². The first-order chi connectivity index (χ1) is 14.1.